The normalized spacial score (nSPS) is 22.2. The van der Waals surface area contributed by atoms with Crippen molar-refractivity contribution in [1.82, 2.24) is 0 Å². The third-order valence-electron chi connectivity index (χ3n) is 9.00. The number of unbranched alkanes of at least 4 members (excludes halogenated alkanes) is 11. The molecule has 0 radical (unpaired) electrons. The number of benzene rings is 1. The van der Waals surface area contributed by atoms with Gasteiger partial charge in [-0.25, -0.2) is 14.4 Å². The third kappa shape index (κ3) is 19.4. The number of azide groups is 1. The minimum absolute atomic E-state index is 0.284. The zero-order valence-electron chi connectivity index (χ0n) is 35.2. The second-order valence-electron chi connectivity index (χ2n) is 16.5. The first-order valence-corrected chi connectivity index (χ1v) is 20.3. The molecule has 0 unspecified atom stereocenters. The van der Waals surface area contributed by atoms with Gasteiger partial charge in [0.2, 0.25) is 0 Å². The Balaban J connectivity index is 2.21. The summed E-state index contributed by atoms with van der Waals surface area (Å²) >= 11 is 0. The van der Waals surface area contributed by atoms with Crippen molar-refractivity contribution >= 4 is 18.3 Å². The van der Waals surface area contributed by atoms with Crippen LogP contribution in [0.2, 0.25) is 0 Å². The molecular formula is C42H67N3O12. The van der Waals surface area contributed by atoms with E-state index >= 15 is 0 Å². The molecule has 0 aliphatic carbocycles. The number of nitrogens with zero attached hydrogens (tertiary/aromatic N) is 3. The van der Waals surface area contributed by atoms with Gasteiger partial charge in [0.1, 0.15) is 48.3 Å². The summed E-state index contributed by atoms with van der Waals surface area (Å²) in [6.07, 6.45) is 7.49. The van der Waals surface area contributed by atoms with Crippen molar-refractivity contribution in [3.05, 3.63) is 58.5 Å². The van der Waals surface area contributed by atoms with E-state index in [4.69, 9.17) is 33.2 Å². The number of hydrogen-bond donors (Lipinski definition) is 2. The van der Waals surface area contributed by atoms with Crippen LogP contribution in [-0.4, -0.2) is 95.3 Å². The number of carbonyl (C=O) groups excluding carboxylic acids is 3. The lowest BCUT2D eigenvalue weighted by atomic mass is 9.93. The molecular weight excluding hydrogens is 738 g/mol. The van der Waals surface area contributed by atoms with E-state index in [2.05, 4.69) is 16.9 Å². The maximum Gasteiger partial charge on any atom is 0.509 e. The van der Waals surface area contributed by atoms with E-state index in [1.165, 1.54) is 58.3 Å². The highest BCUT2D eigenvalue weighted by Crippen LogP contribution is 2.34. The van der Waals surface area contributed by atoms with Gasteiger partial charge in [-0.3, -0.25) is 0 Å². The molecule has 0 saturated carbocycles. The first-order chi connectivity index (χ1) is 26.9. The zero-order chi connectivity index (χ0) is 42.5. The molecule has 15 nitrogen and oxygen atoms in total. The van der Waals surface area contributed by atoms with Crippen LogP contribution < -0.4 is 0 Å². The largest absolute Gasteiger partial charge is 0.509 e. The molecule has 0 spiro atoms. The fourth-order valence-corrected chi connectivity index (χ4v) is 6.04. The molecule has 322 valence electrons. The van der Waals surface area contributed by atoms with Gasteiger partial charge in [-0.05, 0) is 85.0 Å². The summed E-state index contributed by atoms with van der Waals surface area (Å²) in [4.78, 5) is 41.2. The van der Waals surface area contributed by atoms with Crippen molar-refractivity contribution in [2.45, 2.75) is 186 Å². The van der Waals surface area contributed by atoms with Gasteiger partial charge in [-0.15, -0.1) is 0 Å². The van der Waals surface area contributed by atoms with Crippen molar-refractivity contribution in [1.29, 1.82) is 0 Å². The van der Waals surface area contributed by atoms with Crippen molar-refractivity contribution < 1.29 is 57.8 Å². The second-order valence-corrected chi connectivity index (χ2v) is 16.5. The summed E-state index contributed by atoms with van der Waals surface area (Å²) in [5, 5.41) is 26.4. The van der Waals surface area contributed by atoms with Crippen LogP contribution in [0.4, 0.5) is 9.59 Å². The van der Waals surface area contributed by atoms with Crippen LogP contribution in [0.3, 0.4) is 0 Å². The summed E-state index contributed by atoms with van der Waals surface area (Å²) in [7, 11) is 0. The Morgan fingerprint density at radius 3 is 2.02 bits per heavy atom. The van der Waals surface area contributed by atoms with E-state index in [0.29, 0.717) is 6.42 Å². The predicted octanol–water partition coefficient (Wildman–Crippen LogP) is 9.27. The molecule has 1 aromatic carbocycles. The standard InChI is InChI=1S/C42H67N3O12/c1-9-10-11-12-13-14-15-16-17-18-19-20-24-27-32(53-37(48)30-25-22-21-23-26-30)31(44-45-43)28-52-42(8)36(47)34(46)35(54-39(50)57-41(5,6)7)33(55-42)29-51-38(49)56-40(2,3)4/h21-27,31-36,46-47H,9-20,28-29H2,1-8H3/b27-24+/t31-,32+,33+,34-,35-,36+,42-/m0/s1. The molecule has 1 aliphatic rings. The lowest BCUT2D eigenvalue weighted by Crippen LogP contribution is -2.66. The molecule has 1 heterocycles. The van der Waals surface area contributed by atoms with E-state index in [1.807, 2.05) is 6.08 Å². The summed E-state index contributed by atoms with van der Waals surface area (Å²) < 4.78 is 39.0. The molecule has 0 aromatic heterocycles. The second kappa shape index (κ2) is 24.8. The Hall–Kier alpha value is -3.88. The molecule has 1 aliphatic heterocycles. The molecule has 2 rings (SSSR count). The summed E-state index contributed by atoms with van der Waals surface area (Å²) in [5.41, 5.74) is 8.00. The van der Waals surface area contributed by atoms with E-state index < -0.39 is 85.0 Å². The molecule has 15 heteroatoms. The zero-order valence-corrected chi connectivity index (χ0v) is 35.2. The molecule has 7 atom stereocenters. The number of aliphatic hydroxyl groups is 2. The van der Waals surface area contributed by atoms with Gasteiger partial charge in [0.15, 0.2) is 11.9 Å². The van der Waals surface area contributed by atoms with Gasteiger partial charge in [0.25, 0.3) is 0 Å². The van der Waals surface area contributed by atoms with E-state index in [1.54, 1.807) is 78.0 Å². The summed E-state index contributed by atoms with van der Waals surface area (Å²) in [5.74, 6) is -2.71. The number of aliphatic hydroxyl groups excluding tert-OH is 2. The first kappa shape index (κ1) is 49.3. The fraction of sp³-hybridized carbons (Fsp3) is 0.738. The fourth-order valence-electron chi connectivity index (χ4n) is 6.04. The SMILES string of the molecule is CCCCCCCCCCCCC/C=C/[C@@H](OC(=O)c1ccccc1)[C@H](CO[C@@]1(C)O[C@H](COC(=O)OC(C)(C)C)[C@H](OC(=O)OC(C)(C)C)[C@H](O)[C@H]1O)N=[N+]=[N-]. The average Bonchev–Trinajstić information content (AvgIpc) is 3.13. The van der Waals surface area contributed by atoms with E-state index in [9.17, 15) is 30.1 Å². The molecule has 0 bridgehead atoms. The van der Waals surface area contributed by atoms with Gasteiger partial charge in [0.05, 0.1) is 12.2 Å². The van der Waals surface area contributed by atoms with Crippen molar-refractivity contribution in [3.63, 3.8) is 0 Å². The molecule has 0 amide bonds. The third-order valence-corrected chi connectivity index (χ3v) is 9.00. The lowest BCUT2D eigenvalue weighted by Gasteiger charge is -2.47. The van der Waals surface area contributed by atoms with Gasteiger partial charge in [-0.1, -0.05) is 101 Å². The van der Waals surface area contributed by atoms with Crippen molar-refractivity contribution in [2.75, 3.05) is 13.2 Å². The van der Waals surface area contributed by atoms with Gasteiger partial charge in [-0.2, -0.15) is 0 Å². The van der Waals surface area contributed by atoms with Crippen LogP contribution in [0, 0.1) is 0 Å². The van der Waals surface area contributed by atoms with Crippen molar-refractivity contribution in [2.24, 2.45) is 5.11 Å². The Labute approximate surface area is 338 Å². The Kier molecular flexibility index (Phi) is 21.4. The van der Waals surface area contributed by atoms with Crippen LogP contribution in [0.25, 0.3) is 10.4 Å². The smallest absolute Gasteiger partial charge is 0.454 e. The van der Waals surface area contributed by atoms with Crippen molar-refractivity contribution in [3.8, 4) is 0 Å². The average molecular weight is 806 g/mol. The minimum Gasteiger partial charge on any atom is -0.454 e. The maximum atomic E-state index is 13.2. The number of allylic oxidation sites excluding steroid dienone is 1. The number of rotatable bonds is 23. The molecule has 1 aromatic rings. The first-order valence-electron chi connectivity index (χ1n) is 20.3. The summed E-state index contributed by atoms with van der Waals surface area (Å²) in [6, 6.07) is 7.18. The highest BCUT2D eigenvalue weighted by molar-refractivity contribution is 5.89. The highest BCUT2D eigenvalue weighted by atomic mass is 16.8. The maximum absolute atomic E-state index is 13.2. The van der Waals surface area contributed by atoms with E-state index in [0.717, 1.165) is 19.3 Å². The van der Waals surface area contributed by atoms with Gasteiger partial charge >= 0.3 is 18.3 Å². The predicted molar refractivity (Wildman–Crippen MR) is 213 cm³/mol. The van der Waals surface area contributed by atoms with Gasteiger partial charge < -0.3 is 43.4 Å². The molecule has 2 N–H and O–H groups in total. The highest BCUT2D eigenvalue weighted by Gasteiger charge is 2.55. The Morgan fingerprint density at radius 1 is 0.895 bits per heavy atom. The number of hydrogen-bond acceptors (Lipinski definition) is 13. The summed E-state index contributed by atoms with van der Waals surface area (Å²) in [6.45, 7) is 12.2. The Bertz CT molecular complexity index is 1420. The van der Waals surface area contributed by atoms with Crippen LogP contribution in [0.5, 0.6) is 0 Å². The van der Waals surface area contributed by atoms with Crippen LogP contribution >= 0.6 is 0 Å². The van der Waals surface area contributed by atoms with Crippen LogP contribution in [-0.2, 0) is 33.2 Å². The van der Waals surface area contributed by atoms with Gasteiger partial charge in [0, 0.05) is 4.91 Å². The quantitative estimate of drug-likeness (QED) is 0.0202. The van der Waals surface area contributed by atoms with E-state index in [-0.39, 0.29) is 5.56 Å². The Morgan fingerprint density at radius 2 is 1.46 bits per heavy atom. The molecule has 57 heavy (non-hydrogen) atoms. The number of carbonyl (C=O) groups is 3. The van der Waals surface area contributed by atoms with Crippen LogP contribution in [0.15, 0.2) is 47.6 Å². The number of esters is 1. The monoisotopic (exact) mass is 805 g/mol. The lowest BCUT2D eigenvalue weighted by molar-refractivity contribution is -0.358. The van der Waals surface area contributed by atoms with Crippen LogP contribution in [0.1, 0.15) is 143 Å². The molecule has 1 fully saturated rings. The minimum atomic E-state index is -2.05. The number of ether oxygens (including phenoxy) is 7. The molecule has 1 saturated heterocycles. The topological polar surface area (TPSA) is 205 Å².